The smallest absolute Gasteiger partial charge is 0.178 e. The molecule has 0 saturated carbocycles. The van der Waals surface area contributed by atoms with Gasteiger partial charge in [-0.05, 0) is 59.6 Å². The number of imidazole rings is 1. The Balaban J connectivity index is 1.39. The van der Waals surface area contributed by atoms with Crippen LogP contribution < -0.4 is 4.74 Å². The molecule has 0 N–H and O–H groups in total. The van der Waals surface area contributed by atoms with Crippen LogP contribution in [-0.4, -0.2) is 79.0 Å². The van der Waals surface area contributed by atoms with E-state index in [9.17, 15) is 0 Å². The van der Waals surface area contributed by atoms with Crippen molar-refractivity contribution in [2.24, 2.45) is 0 Å². The Morgan fingerprint density at radius 2 is 1.78 bits per heavy atom. The topological polar surface area (TPSA) is 64.2 Å². The number of hydrogen-bond acceptors (Lipinski definition) is 6. The number of aryl methyl sites for hydroxylation is 1. The summed E-state index contributed by atoms with van der Waals surface area (Å²) in [5.41, 5.74) is 2.50. The molecule has 0 bridgehead atoms. The van der Waals surface area contributed by atoms with Crippen molar-refractivity contribution in [3.63, 3.8) is 0 Å². The molecule has 8 nitrogen and oxygen atoms in total. The van der Waals surface area contributed by atoms with Crippen LogP contribution in [-0.2, 0) is 13.0 Å². The van der Waals surface area contributed by atoms with E-state index in [0.29, 0.717) is 30.9 Å². The fraction of sp³-hybridized carbons (Fsp3) is 0.593. The molecule has 2 aromatic heterocycles. The third-order valence-corrected chi connectivity index (χ3v) is 7.23. The van der Waals surface area contributed by atoms with Crippen molar-refractivity contribution in [1.82, 2.24) is 34.1 Å². The molecule has 0 aliphatic carbocycles. The lowest BCUT2D eigenvalue weighted by Crippen LogP contribution is -2.53. The number of piperazine rings is 1. The average molecular weight is 496 g/mol. The van der Waals surface area contributed by atoms with Gasteiger partial charge in [0.15, 0.2) is 5.82 Å². The number of hydrogen-bond donors (Lipinski definition) is 0. The molecule has 2 aliphatic rings. The lowest BCUT2D eigenvalue weighted by atomic mass is 10.0. The molecule has 0 atom stereocenters. The number of ether oxygens (including phenoxy) is 1. The summed E-state index contributed by atoms with van der Waals surface area (Å²) in [5, 5.41) is 4.54. The minimum absolute atomic E-state index is 0.171. The molecule has 9 heteroatoms. The zero-order valence-corrected chi connectivity index (χ0v) is 22.4. The zero-order valence-electron chi connectivity index (χ0n) is 22.4. The summed E-state index contributed by atoms with van der Waals surface area (Å²) in [6.07, 6.45) is 2.66. The van der Waals surface area contributed by atoms with E-state index in [0.717, 1.165) is 61.5 Å². The van der Waals surface area contributed by atoms with Crippen molar-refractivity contribution in [3.8, 4) is 28.7 Å². The highest BCUT2D eigenvalue weighted by atomic mass is 19.1. The van der Waals surface area contributed by atoms with Gasteiger partial charge in [0.05, 0.1) is 12.1 Å². The van der Waals surface area contributed by atoms with E-state index in [1.165, 1.54) is 6.07 Å². The molecule has 3 aromatic rings. The van der Waals surface area contributed by atoms with Gasteiger partial charge in [0.1, 0.15) is 35.5 Å². The third kappa shape index (κ3) is 4.91. The van der Waals surface area contributed by atoms with Crippen molar-refractivity contribution >= 4 is 0 Å². The van der Waals surface area contributed by atoms with Crippen LogP contribution in [0.5, 0.6) is 5.75 Å². The molecule has 1 aromatic carbocycles. The standard InChI is InChI=1S/C27H38FN7O/c1-18(2)35-26(29-19(3)31-35)23-17-33-13-14-36-24-16-22(28)20(15-21(24)25(33)30-23)7-8-32-9-11-34(12-10-32)27(4,5)6/h15-18H,7-14H2,1-6H3. The van der Waals surface area contributed by atoms with Crippen LogP contribution in [0.4, 0.5) is 4.39 Å². The second kappa shape index (κ2) is 9.59. The van der Waals surface area contributed by atoms with Gasteiger partial charge in [-0.25, -0.2) is 19.0 Å². The van der Waals surface area contributed by atoms with Gasteiger partial charge in [0, 0.05) is 56.6 Å². The largest absolute Gasteiger partial charge is 0.491 e. The fourth-order valence-corrected chi connectivity index (χ4v) is 5.13. The van der Waals surface area contributed by atoms with Crippen LogP contribution in [0.2, 0.25) is 0 Å². The molecule has 0 unspecified atom stereocenters. The number of aromatic nitrogens is 5. The second-order valence-corrected chi connectivity index (χ2v) is 11.2. The number of fused-ring (bicyclic) bond motifs is 3. The Morgan fingerprint density at radius 1 is 1.03 bits per heavy atom. The molecule has 0 radical (unpaired) electrons. The molecule has 1 saturated heterocycles. The van der Waals surface area contributed by atoms with Crippen molar-refractivity contribution in [3.05, 3.63) is 35.5 Å². The van der Waals surface area contributed by atoms with E-state index in [4.69, 9.17) is 9.72 Å². The first-order valence-corrected chi connectivity index (χ1v) is 13.0. The first kappa shape index (κ1) is 24.9. The van der Waals surface area contributed by atoms with Gasteiger partial charge in [-0.15, -0.1) is 0 Å². The second-order valence-electron chi connectivity index (χ2n) is 11.2. The highest BCUT2D eigenvalue weighted by Gasteiger charge is 2.27. The predicted octanol–water partition coefficient (Wildman–Crippen LogP) is 4.19. The molecule has 194 valence electrons. The van der Waals surface area contributed by atoms with Crippen molar-refractivity contribution < 1.29 is 9.13 Å². The van der Waals surface area contributed by atoms with Crippen molar-refractivity contribution in [2.45, 2.75) is 66.1 Å². The maximum absolute atomic E-state index is 15.1. The van der Waals surface area contributed by atoms with E-state index in [2.05, 4.69) is 59.1 Å². The monoisotopic (exact) mass is 495 g/mol. The van der Waals surface area contributed by atoms with Gasteiger partial charge in [0.2, 0.25) is 0 Å². The summed E-state index contributed by atoms with van der Waals surface area (Å²) >= 11 is 0. The molecule has 1 fully saturated rings. The van der Waals surface area contributed by atoms with Gasteiger partial charge in [-0.2, -0.15) is 5.10 Å². The molecule has 5 rings (SSSR count). The highest BCUT2D eigenvalue weighted by Crippen LogP contribution is 2.36. The lowest BCUT2D eigenvalue weighted by molar-refractivity contribution is 0.0628. The van der Waals surface area contributed by atoms with Crippen LogP contribution in [0.1, 0.15) is 52.0 Å². The minimum atomic E-state index is -0.211. The molecule has 2 aliphatic heterocycles. The summed E-state index contributed by atoms with van der Waals surface area (Å²) in [6, 6.07) is 3.64. The van der Waals surface area contributed by atoms with Crippen LogP contribution in [0.25, 0.3) is 22.9 Å². The van der Waals surface area contributed by atoms with E-state index >= 15 is 4.39 Å². The van der Waals surface area contributed by atoms with E-state index < -0.39 is 0 Å². The minimum Gasteiger partial charge on any atom is -0.491 e. The van der Waals surface area contributed by atoms with Crippen molar-refractivity contribution in [2.75, 3.05) is 39.3 Å². The van der Waals surface area contributed by atoms with E-state index in [1.54, 1.807) is 0 Å². The average Bonchev–Trinajstić information content (AvgIpc) is 3.38. The third-order valence-electron chi connectivity index (χ3n) is 7.23. The SMILES string of the molecule is Cc1nc(-c2cn3c(n2)-c2cc(CCN4CCN(C(C)(C)C)CC4)c(F)cc2OCC3)n(C(C)C)n1. The molecule has 4 heterocycles. The Hall–Kier alpha value is -2.78. The van der Waals surface area contributed by atoms with E-state index in [1.807, 2.05) is 23.9 Å². The number of benzene rings is 1. The Bertz CT molecular complexity index is 1230. The molecule has 0 spiro atoms. The summed E-state index contributed by atoms with van der Waals surface area (Å²) in [7, 11) is 0. The number of halogens is 1. The first-order chi connectivity index (χ1) is 17.1. The maximum atomic E-state index is 15.1. The van der Waals surface area contributed by atoms with Crippen LogP contribution in [0.15, 0.2) is 18.3 Å². The van der Waals surface area contributed by atoms with Gasteiger partial charge in [0.25, 0.3) is 0 Å². The first-order valence-electron chi connectivity index (χ1n) is 13.0. The zero-order chi connectivity index (χ0) is 25.6. The summed E-state index contributed by atoms with van der Waals surface area (Å²) in [6.45, 7) is 18.9. The molecular weight excluding hydrogens is 457 g/mol. The van der Waals surface area contributed by atoms with E-state index in [-0.39, 0.29) is 17.4 Å². The lowest BCUT2D eigenvalue weighted by Gasteiger charge is -2.42. The van der Waals surface area contributed by atoms with Gasteiger partial charge >= 0.3 is 0 Å². The van der Waals surface area contributed by atoms with Crippen LogP contribution in [0, 0.1) is 12.7 Å². The molecule has 0 amide bonds. The van der Waals surface area contributed by atoms with Crippen LogP contribution >= 0.6 is 0 Å². The Morgan fingerprint density at radius 3 is 2.47 bits per heavy atom. The van der Waals surface area contributed by atoms with Gasteiger partial charge in [-0.3, -0.25) is 4.90 Å². The normalized spacial score (nSPS) is 17.1. The van der Waals surface area contributed by atoms with Crippen LogP contribution in [0.3, 0.4) is 0 Å². The molecular formula is C27H38FN7O. The summed E-state index contributed by atoms with van der Waals surface area (Å²) < 4.78 is 25.0. The Kier molecular flexibility index (Phi) is 6.63. The quantitative estimate of drug-likeness (QED) is 0.529. The van der Waals surface area contributed by atoms with Crippen molar-refractivity contribution in [1.29, 1.82) is 0 Å². The van der Waals surface area contributed by atoms with Gasteiger partial charge in [-0.1, -0.05) is 0 Å². The van der Waals surface area contributed by atoms with Gasteiger partial charge < -0.3 is 14.2 Å². The number of nitrogens with zero attached hydrogens (tertiary/aromatic N) is 7. The Labute approximate surface area is 213 Å². The maximum Gasteiger partial charge on any atom is 0.178 e. The predicted molar refractivity (Wildman–Crippen MR) is 139 cm³/mol. The summed E-state index contributed by atoms with van der Waals surface area (Å²) in [4.78, 5) is 14.5. The highest BCUT2D eigenvalue weighted by molar-refractivity contribution is 5.69. The fourth-order valence-electron chi connectivity index (χ4n) is 5.13. The summed E-state index contributed by atoms with van der Waals surface area (Å²) in [5.74, 6) is 2.60. The molecule has 36 heavy (non-hydrogen) atoms. The number of rotatable bonds is 5.